The molecule has 1 N–H and O–H groups in total. The minimum Gasteiger partial charge on any atom is -0.345 e. The van der Waals surface area contributed by atoms with Gasteiger partial charge in [0.25, 0.3) is 5.91 Å². The van der Waals surface area contributed by atoms with Crippen molar-refractivity contribution in [3.05, 3.63) is 22.4 Å². The summed E-state index contributed by atoms with van der Waals surface area (Å²) < 4.78 is 2.56. The van der Waals surface area contributed by atoms with E-state index in [1.807, 2.05) is 20.8 Å². The SMILES string of the molecule is Cn1cc(Br)cc1C(=O)NC(C#N)C(C)(C)C. The average Bonchev–Trinajstić information content (AvgIpc) is 2.52. The molecule has 0 bridgehead atoms. The second-order valence-corrected chi connectivity index (χ2v) is 5.97. The number of nitrogens with one attached hydrogen (secondary N) is 1. The number of carbonyl (C=O) groups is 1. The van der Waals surface area contributed by atoms with Gasteiger partial charge in [-0.05, 0) is 27.4 Å². The van der Waals surface area contributed by atoms with E-state index in [9.17, 15) is 4.79 Å². The van der Waals surface area contributed by atoms with Gasteiger partial charge in [0.15, 0.2) is 0 Å². The Balaban J connectivity index is 2.87. The molecule has 5 heteroatoms. The first-order chi connectivity index (χ1) is 7.75. The van der Waals surface area contributed by atoms with E-state index >= 15 is 0 Å². The number of aromatic nitrogens is 1. The number of aryl methyl sites for hydroxylation is 1. The van der Waals surface area contributed by atoms with E-state index in [4.69, 9.17) is 5.26 Å². The summed E-state index contributed by atoms with van der Waals surface area (Å²) in [4.78, 5) is 12.0. The molecule has 0 saturated carbocycles. The molecule has 0 aliphatic carbocycles. The van der Waals surface area contributed by atoms with Crippen LogP contribution >= 0.6 is 15.9 Å². The first kappa shape index (κ1) is 13.8. The first-order valence-corrected chi connectivity index (χ1v) is 6.07. The predicted molar refractivity (Wildman–Crippen MR) is 69.4 cm³/mol. The van der Waals surface area contributed by atoms with Crippen molar-refractivity contribution in [3.8, 4) is 6.07 Å². The average molecular weight is 298 g/mol. The van der Waals surface area contributed by atoms with Crippen LogP contribution in [-0.2, 0) is 7.05 Å². The van der Waals surface area contributed by atoms with Gasteiger partial charge in [-0.25, -0.2) is 0 Å². The van der Waals surface area contributed by atoms with Crippen molar-refractivity contribution in [2.24, 2.45) is 12.5 Å². The summed E-state index contributed by atoms with van der Waals surface area (Å²) in [6.07, 6.45) is 1.80. The minimum atomic E-state index is -0.510. The normalized spacial score (nSPS) is 12.9. The maximum absolute atomic E-state index is 12.0. The highest BCUT2D eigenvalue weighted by Crippen LogP contribution is 2.20. The highest BCUT2D eigenvalue weighted by molar-refractivity contribution is 9.10. The van der Waals surface area contributed by atoms with Crippen molar-refractivity contribution in [2.75, 3.05) is 0 Å². The number of halogens is 1. The van der Waals surface area contributed by atoms with Gasteiger partial charge in [0.1, 0.15) is 11.7 Å². The molecule has 1 amide bonds. The summed E-state index contributed by atoms with van der Waals surface area (Å²) in [6, 6.07) is 3.33. The van der Waals surface area contributed by atoms with Gasteiger partial charge < -0.3 is 9.88 Å². The summed E-state index contributed by atoms with van der Waals surface area (Å²) in [5.41, 5.74) is 0.244. The van der Waals surface area contributed by atoms with E-state index < -0.39 is 6.04 Å². The minimum absolute atomic E-state index is 0.236. The fourth-order valence-corrected chi connectivity index (χ4v) is 1.92. The molecule has 1 atom stereocenters. The zero-order valence-electron chi connectivity index (χ0n) is 10.4. The zero-order chi connectivity index (χ0) is 13.2. The van der Waals surface area contributed by atoms with E-state index in [1.165, 1.54) is 0 Å². The number of rotatable bonds is 2. The molecule has 1 unspecified atom stereocenters. The maximum atomic E-state index is 12.0. The summed E-state index contributed by atoms with van der Waals surface area (Å²) in [6.45, 7) is 5.76. The smallest absolute Gasteiger partial charge is 0.268 e. The van der Waals surface area contributed by atoms with Gasteiger partial charge in [0.2, 0.25) is 0 Å². The van der Waals surface area contributed by atoms with Crippen LogP contribution in [0.3, 0.4) is 0 Å². The molecule has 17 heavy (non-hydrogen) atoms. The predicted octanol–water partition coefficient (Wildman–Crippen LogP) is 2.46. The van der Waals surface area contributed by atoms with Crippen molar-refractivity contribution >= 4 is 21.8 Å². The van der Waals surface area contributed by atoms with Crippen molar-refractivity contribution in [2.45, 2.75) is 26.8 Å². The second-order valence-electron chi connectivity index (χ2n) is 5.06. The summed E-state index contributed by atoms with van der Waals surface area (Å²) in [7, 11) is 1.79. The second kappa shape index (κ2) is 4.92. The maximum Gasteiger partial charge on any atom is 0.268 e. The molecule has 4 nitrogen and oxygen atoms in total. The van der Waals surface area contributed by atoms with Gasteiger partial charge in [-0.1, -0.05) is 20.8 Å². The van der Waals surface area contributed by atoms with E-state index in [-0.39, 0.29) is 11.3 Å². The van der Waals surface area contributed by atoms with E-state index in [2.05, 4.69) is 27.3 Å². The van der Waals surface area contributed by atoms with E-state index in [0.29, 0.717) is 5.69 Å². The van der Waals surface area contributed by atoms with Crippen LogP contribution in [0.5, 0.6) is 0 Å². The fraction of sp³-hybridized carbons (Fsp3) is 0.500. The molecule has 0 saturated heterocycles. The topological polar surface area (TPSA) is 57.8 Å². The monoisotopic (exact) mass is 297 g/mol. The molecule has 0 aliphatic rings. The number of hydrogen-bond acceptors (Lipinski definition) is 2. The molecule has 1 heterocycles. The van der Waals surface area contributed by atoms with Crippen LogP contribution in [-0.4, -0.2) is 16.5 Å². The number of amides is 1. The quantitative estimate of drug-likeness (QED) is 0.911. The van der Waals surface area contributed by atoms with Gasteiger partial charge in [0, 0.05) is 17.7 Å². The van der Waals surface area contributed by atoms with Crippen molar-refractivity contribution in [3.63, 3.8) is 0 Å². The van der Waals surface area contributed by atoms with E-state index in [0.717, 1.165) is 4.47 Å². The molecule has 1 aromatic rings. The standard InChI is InChI=1S/C12H16BrN3O/c1-12(2,3)10(6-14)15-11(17)9-5-8(13)7-16(9)4/h5,7,10H,1-4H3,(H,15,17). The van der Waals surface area contributed by atoms with Crippen molar-refractivity contribution in [1.82, 2.24) is 9.88 Å². The van der Waals surface area contributed by atoms with E-state index in [1.54, 1.807) is 23.9 Å². The molecule has 0 fully saturated rings. The Morgan fingerprint density at radius 3 is 2.53 bits per heavy atom. The molecular formula is C12H16BrN3O. The summed E-state index contributed by atoms with van der Waals surface area (Å²) >= 11 is 3.31. The number of carbonyl (C=O) groups excluding carboxylic acids is 1. The van der Waals surface area contributed by atoms with Crippen LogP contribution in [0, 0.1) is 16.7 Å². The molecule has 1 rings (SSSR count). The molecule has 0 spiro atoms. The first-order valence-electron chi connectivity index (χ1n) is 5.28. The van der Waals surface area contributed by atoms with Crippen LogP contribution in [0.25, 0.3) is 0 Å². The molecule has 0 radical (unpaired) electrons. The lowest BCUT2D eigenvalue weighted by molar-refractivity contribution is 0.0913. The Bertz CT molecular complexity index is 465. The van der Waals surface area contributed by atoms with Crippen molar-refractivity contribution in [1.29, 1.82) is 5.26 Å². The van der Waals surface area contributed by atoms with Gasteiger partial charge in [-0.2, -0.15) is 5.26 Å². The van der Waals surface area contributed by atoms with Crippen LogP contribution in [0.2, 0.25) is 0 Å². The third kappa shape index (κ3) is 3.34. The highest BCUT2D eigenvalue weighted by atomic mass is 79.9. The van der Waals surface area contributed by atoms with Crippen LogP contribution in [0.1, 0.15) is 31.3 Å². The Kier molecular flexibility index (Phi) is 3.99. The number of hydrogen-bond donors (Lipinski definition) is 1. The Labute approximate surface area is 110 Å². The highest BCUT2D eigenvalue weighted by Gasteiger charge is 2.27. The Hall–Kier alpha value is -1.28. The van der Waals surface area contributed by atoms with Crippen molar-refractivity contribution < 1.29 is 4.79 Å². The summed E-state index contributed by atoms with van der Waals surface area (Å²) in [5.74, 6) is -0.236. The fourth-order valence-electron chi connectivity index (χ4n) is 1.40. The van der Waals surface area contributed by atoms with Gasteiger partial charge in [0.05, 0.1) is 6.07 Å². The lowest BCUT2D eigenvalue weighted by Crippen LogP contribution is -2.43. The van der Waals surface area contributed by atoms with Gasteiger partial charge in [-0.3, -0.25) is 4.79 Å². The zero-order valence-corrected chi connectivity index (χ0v) is 12.0. The van der Waals surface area contributed by atoms with Gasteiger partial charge in [-0.15, -0.1) is 0 Å². The molecule has 0 aliphatic heterocycles. The lowest BCUT2D eigenvalue weighted by Gasteiger charge is -2.25. The molecule has 92 valence electrons. The molecule has 0 aromatic carbocycles. The van der Waals surface area contributed by atoms with Crippen LogP contribution < -0.4 is 5.32 Å². The third-order valence-electron chi connectivity index (χ3n) is 2.47. The van der Waals surface area contributed by atoms with Crippen LogP contribution in [0.4, 0.5) is 0 Å². The Morgan fingerprint density at radius 1 is 1.59 bits per heavy atom. The lowest BCUT2D eigenvalue weighted by atomic mass is 9.87. The number of nitrogens with zero attached hydrogens (tertiary/aromatic N) is 2. The largest absolute Gasteiger partial charge is 0.345 e. The number of nitriles is 1. The molecular weight excluding hydrogens is 282 g/mol. The van der Waals surface area contributed by atoms with Crippen LogP contribution in [0.15, 0.2) is 16.7 Å². The summed E-state index contributed by atoms with van der Waals surface area (Å²) in [5, 5.41) is 11.8. The third-order valence-corrected chi connectivity index (χ3v) is 2.91. The molecule has 1 aromatic heterocycles. The van der Waals surface area contributed by atoms with Gasteiger partial charge >= 0.3 is 0 Å². The Morgan fingerprint density at radius 2 is 2.18 bits per heavy atom.